The van der Waals surface area contributed by atoms with Crippen molar-refractivity contribution in [2.45, 2.75) is 51.0 Å². The van der Waals surface area contributed by atoms with Crippen LogP contribution in [0.15, 0.2) is 17.5 Å². The SMILES string of the molecule is O=C(NCCc1cccs1)[C@H]1CCCN(C2CCN(C(=O)C3CC3)CC2)C1. The molecule has 0 spiro atoms. The number of thiophene rings is 1. The van der Waals surface area contributed by atoms with Crippen molar-refractivity contribution in [2.75, 3.05) is 32.7 Å². The maximum Gasteiger partial charge on any atom is 0.225 e. The molecular formula is C21H31N3O2S. The fourth-order valence-electron chi connectivity index (χ4n) is 4.50. The van der Waals surface area contributed by atoms with Gasteiger partial charge in [0.15, 0.2) is 0 Å². The Morgan fingerprint density at radius 1 is 1.07 bits per heavy atom. The Morgan fingerprint density at radius 3 is 2.59 bits per heavy atom. The summed E-state index contributed by atoms with van der Waals surface area (Å²) in [5, 5.41) is 5.23. The lowest BCUT2D eigenvalue weighted by molar-refractivity contribution is -0.134. The number of hydrogen-bond donors (Lipinski definition) is 1. The summed E-state index contributed by atoms with van der Waals surface area (Å²) < 4.78 is 0. The Morgan fingerprint density at radius 2 is 1.89 bits per heavy atom. The first-order valence-corrected chi connectivity index (χ1v) is 11.4. The zero-order valence-electron chi connectivity index (χ0n) is 16.1. The largest absolute Gasteiger partial charge is 0.355 e. The third-order valence-corrected chi connectivity index (χ3v) is 7.23. The fraction of sp³-hybridized carbons (Fsp3) is 0.714. The van der Waals surface area contributed by atoms with Gasteiger partial charge in [-0.2, -0.15) is 0 Å². The highest BCUT2D eigenvalue weighted by molar-refractivity contribution is 7.09. The van der Waals surface area contributed by atoms with Gasteiger partial charge >= 0.3 is 0 Å². The minimum absolute atomic E-state index is 0.119. The molecule has 1 aromatic rings. The molecule has 27 heavy (non-hydrogen) atoms. The first kappa shape index (κ1) is 18.9. The molecule has 0 aromatic carbocycles. The van der Waals surface area contributed by atoms with E-state index in [0.717, 1.165) is 77.7 Å². The zero-order valence-corrected chi connectivity index (χ0v) is 16.9. The van der Waals surface area contributed by atoms with Gasteiger partial charge in [0, 0.05) is 43.0 Å². The van der Waals surface area contributed by atoms with Crippen LogP contribution in [0.1, 0.15) is 43.4 Å². The number of rotatable bonds is 6. The van der Waals surface area contributed by atoms with E-state index in [4.69, 9.17) is 0 Å². The number of nitrogens with zero attached hydrogens (tertiary/aromatic N) is 2. The Hall–Kier alpha value is -1.40. The van der Waals surface area contributed by atoms with Crippen LogP contribution in [0.3, 0.4) is 0 Å². The number of carbonyl (C=O) groups is 2. The molecule has 1 atom stereocenters. The molecular weight excluding hydrogens is 358 g/mol. The van der Waals surface area contributed by atoms with Gasteiger partial charge in [-0.1, -0.05) is 6.07 Å². The van der Waals surface area contributed by atoms with E-state index in [1.807, 2.05) is 0 Å². The minimum atomic E-state index is 0.119. The maximum absolute atomic E-state index is 12.6. The molecule has 3 fully saturated rings. The molecule has 1 aromatic heterocycles. The quantitative estimate of drug-likeness (QED) is 0.813. The lowest BCUT2D eigenvalue weighted by atomic mass is 9.93. The van der Waals surface area contributed by atoms with Crippen LogP contribution < -0.4 is 5.32 Å². The molecule has 4 rings (SSSR count). The average Bonchev–Trinajstić information content (AvgIpc) is 3.44. The van der Waals surface area contributed by atoms with Crippen LogP contribution in [0.5, 0.6) is 0 Å². The van der Waals surface area contributed by atoms with Crippen LogP contribution >= 0.6 is 11.3 Å². The summed E-state index contributed by atoms with van der Waals surface area (Å²) in [7, 11) is 0. The van der Waals surface area contributed by atoms with E-state index in [0.29, 0.717) is 17.9 Å². The molecule has 1 N–H and O–H groups in total. The summed E-state index contributed by atoms with van der Waals surface area (Å²) >= 11 is 1.75. The molecule has 2 saturated heterocycles. The predicted octanol–water partition coefficient (Wildman–Crippen LogP) is 2.52. The van der Waals surface area contributed by atoms with E-state index in [2.05, 4.69) is 32.6 Å². The number of likely N-dealkylation sites (tertiary alicyclic amines) is 2. The van der Waals surface area contributed by atoms with Gasteiger partial charge in [-0.25, -0.2) is 0 Å². The summed E-state index contributed by atoms with van der Waals surface area (Å²) in [5.41, 5.74) is 0. The zero-order chi connectivity index (χ0) is 18.6. The summed E-state index contributed by atoms with van der Waals surface area (Å²) in [5.74, 6) is 1.06. The lowest BCUT2D eigenvalue weighted by Crippen LogP contribution is -2.51. The van der Waals surface area contributed by atoms with Crippen molar-refractivity contribution in [3.05, 3.63) is 22.4 Å². The summed E-state index contributed by atoms with van der Waals surface area (Å²) in [6.45, 7) is 4.51. The average molecular weight is 390 g/mol. The lowest BCUT2D eigenvalue weighted by Gasteiger charge is -2.42. The molecule has 3 aliphatic rings. The molecule has 0 radical (unpaired) electrons. The Kier molecular flexibility index (Phi) is 6.13. The fourth-order valence-corrected chi connectivity index (χ4v) is 5.21. The molecule has 2 amide bonds. The monoisotopic (exact) mass is 389 g/mol. The molecule has 1 saturated carbocycles. The van der Waals surface area contributed by atoms with Gasteiger partial charge in [0.2, 0.25) is 11.8 Å². The van der Waals surface area contributed by atoms with Crippen LogP contribution in [0.4, 0.5) is 0 Å². The smallest absolute Gasteiger partial charge is 0.225 e. The van der Waals surface area contributed by atoms with Crippen molar-refractivity contribution in [2.24, 2.45) is 11.8 Å². The Bertz CT molecular complexity index is 636. The summed E-state index contributed by atoms with van der Waals surface area (Å²) in [6, 6.07) is 4.72. The number of nitrogens with one attached hydrogen (secondary N) is 1. The summed E-state index contributed by atoms with van der Waals surface area (Å²) in [4.78, 5) is 30.7. The van der Waals surface area contributed by atoms with Crippen molar-refractivity contribution in [3.63, 3.8) is 0 Å². The van der Waals surface area contributed by atoms with Gasteiger partial charge in [0.25, 0.3) is 0 Å². The second-order valence-corrected chi connectivity index (χ2v) is 9.32. The molecule has 6 heteroatoms. The van der Waals surface area contributed by atoms with Gasteiger partial charge in [0.05, 0.1) is 5.92 Å². The molecule has 1 aliphatic carbocycles. The number of amides is 2. The molecule has 0 unspecified atom stereocenters. The van der Waals surface area contributed by atoms with E-state index < -0.39 is 0 Å². The number of carbonyl (C=O) groups excluding carboxylic acids is 2. The van der Waals surface area contributed by atoms with E-state index in [1.165, 1.54) is 4.88 Å². The summed E-state index contributed by atoms with van der Waals surface area (Å²) in [6.07, 6.45) is 7.33. The topological polar surface area (TPSA) is 52.7 Å². The first-order valence-electron chi connectivity index (χ1n) is 10.5. The molecule has 2 aliphatic heterocycles. The third-order valence-electron chi connectivity index (χ3n) is 6.29. The standard InChI is InChI=1S/C21H31N3O2S/c25-20(22-10-7-19-4-2-14-27-19)17-3-1-11-24(15-17)18-8-12-23(13-9-18)21(26)16-5-6-16/h2,4,14,16-18H,1,3,5-13,15H2,(H,22,25)/t17-/m0/s1. The molecule has 3 heterocycles. The van der Waals surface area contributed by atoms with E-state index in [1.54, 1.807) is 11.3 Å². The van der Waals surface area contributed by atoms with Crippen molar-refractivity contribution < 1.29 is 9.59 Å². The van der Waals surface area contributed by atoms with Gasteiger partial charge in [-0.3, -0.25) is 14.5 Å². The maximum atomic E-state index is 12.6. The van der Waals surface area contributed by atoms with Gasteiger partial charge in [0.1, 0.15) is 0 Å². The van der Waals surface area contributed by atoms with Crippen molar-refractivity contribution in [3.8, 4) is 0 Å². The van der Waals surface area contributed by atoms with Crippen molar-refractivity contribution >= 4 is 23.2 Å². The third kappa shape index (κ3) is 4.91. The van der Waals surface area contributed by atoms with Crippen LogP contribution in [-0.2, 0) is 16.0 Å². The van der Waals surface area contributed by atoms with Crippen LogP contribution in [0.2, 0.25) is 0 Å². The normalized spacial score (nSPS) is 24.7. The predicted molar refractivity (Wildman–Crippen MR) is 108 cm³/mol. The van der Waals surface area contributed by atoms with Crippen LogP contribution in [0.25, 0.3) is 0 Å². The van der Waals surface area contributed by atoms with E-state index in [9.17, 15) is 9.59 Å². The van der Waals surface area contributed by atoms with Gasteiger partial charge in [-0.05, 0) is 62.9 Å². The molecule has 148 valence electrons. The van der Waals surface area contributed by atoms with Gasteiger partial charge < -0.3 is 10.2 Å². The molecule has 0 bridgehead atoms. The van der Waals surface area contributed by atoms with Crippen molar-refractivity contribution in [1.82, 2.24) is 15.1 Å². The van der Waals surface area contributed by atoms with Crippen LogP contribution in [-0.4, -0.2) is 60.4 Å². The highest BCUT2D eigenvalue weighted by Crippen LogP contribution is 2.32. The number of hydrogen-bond acceptors (Lipinski definition) is 4. The molecule has 5 nitrogen and oxygen atoms in total. The van der Waals surface area contributed by atoms with Gasteiger partial charge in [-0.15, -0.1) is 11.3 Å². The second kappa shape index (κ2) is 8.74. The van der Waals surface area contributed by atoms with Crippen molar-refractivity contribution in [1.29, 1.82) is 0 Å². The van der Waals surface area contributed by atoms with E-state index in [-0.39, 0.29) is 11.8 Å². The van der Waals surface area contributed by atoms with E-state index >= 15 is 0 Å². The highest BCUT2D eigenvalue weighted by Gasteiger charge is 2.37. The first-order chi connectivity index (χ1) is 13.2. The van der Waals surface area contributed by atoms with Crippen LogP contribution in [0, 0.1) is 11.8 Å². The second-order valence-electron chi connectivity index (χ2n) is 8.29. The highest BCUT2D eigenvalue weighted by atomic mass is 32.1. The Labute approximate surface area is 166 Å². The number of piperidine rings is 2. The Balaban J connectivity index is 1.20. The minimum Gasteiger partial charge on any atom is -0.355 e.